The Bertz CT molecular complexity index is 1190. The summed E-state index contributed by atoms with van der Waals surface area (Å²) < 4.78 is 23.2. The van der Waals surface area contributed by atoms with E-state index in [2.05, 4.69) is 4.90 Å². The zero-order valence-corrected chi connectivity index (χ0v) is 24.0. The van der Waals surface area contributed by atoms with E-state index in [1.807, 2.05) is 55.5 Å². The molecule has 0 unspecified atom stereocenters. The van der Waals surface area contributed by atoms with E-state index in [1.165, 1.54) is 7.11 Å². The van der Waals surface area contributed by atoms with Crippen LogP contribution in [0.25, 0.3) is 0 Å². The van der Waals surface area contributed by atoms with E-state index in [4.69, 9.17) is 41.3 Å². The van der Waals surface area contributed by atoms with E-state index in [9.17, 15) is 9.59 Å². The van der Waals surface area contributed by atoms with Gasteiger partial charge in [0.25, 0.3) is 0 Å². The molecule has 0 bridgehead atoms. The Balaban J connectivity index is 1.51. The second-order valence-electron chi connectivity index (χ2n) is 10.5. The summed E-state index contributed by atoms with van der Waals surface area (Å²) in [5, 5.41) is 0.582. The van der Waals surface area contributed by atoms with Crippen LogP contribution in [0, 0.1) is 0 Å². The van der Waals surface area contributed by atoms with E-state index in [0.717, 1.165) is 30.5 Å². The number of ether oxygens (including phenoxy) is 4. The van der Waals surface area contributed by atoms with Crippen molar-refractivity contribution in [2.24, 2.45) is 10.7 Å². The van der Waals surface area contributed by atoms with Gasteiger partial charge in [-0.2, -0.15) is 0 Å². The zero-order chi connectivity index (χ0) is 28.7. The Labute approximate surface area is 240 Å². The van der Waals surface area contributed by atoms with Gasteiger partial charge >= 0.3 is 11.9 Å². The first-order valence-electron chi connectivity index (χ1n) is 13.6. The zero-order valence-electron chi connectivity index (χ0n) is 23.3. The molecule has 2 aliphatic rings. The highest BCUT2D eigenvalue weighted by Crippen LogP contribution is 2.31. The van der Waals surface area contributed by atoms with Gasteiger partial charge in [0.1, 0.15) is 18.8 Å². The molecule has 1 saturated heterocycles. The predicted molar refractivity (Wildman–Crippen MR) is 152 cm³/mol. The summed E-state index contributed by atoms with van der Waals surface area (Å²) in [5.74, 6) is -0.463. The summed E-state index contributed by atoms with van der Waals surface area (Å²) in [6, 6.07) is 16.2. The van der Waals surface area contributed by atoms with Gasteiger partial charge in [0, 0.05) is 18.0 Å². The first kappa shape index (κ1) is 30.0. The third-order valence-electron chi connectivity index (χ3n) is 7.32. The predicted octanol–water partition coefficient (Wildman–Crippen LogP) is 3.55. The summed E-state index contributed by atoms with van der Waals surface area (Å²) in [4.78, 5) is 32.5. The summed E-state index contributed by atoms with van der Waals surface area (Å²) in [7, 11) is 1.35. The van der Waals surface area contributed by atoms with Crippen molar-refractivity contribution in [1.82, 2.24) is 4.90 Å². The highest BCUT2D eigenvalue weighted by Gasteiger charge is 2.48. The molecule has 0 aliphatic carbocycles. The summed E-state index contributed by atoms with van der Waals surface area (Å²) in [5.41, 5.74) is 6.50. The molecule has 10 heteroatoms. The molecule has 0 aromatic heterocycles. The van der Waals surface area contributed by atoms with Crippen LogP contribution in [-0.4, -0.2) is 79.4 Å². The van der Waals surface area contributed by atoms with Crippen molar-refractivity contribution in [3.8, 4) is 0 Å². The van der Waals surface area contributed by atoms with Crippen LogP contribution in [0.1, 0.15) is 37.8 Å². The topological polar surface area (TPSA) is 113 Å². The highest BCUT2D eigenvalue weighted by atomic mass is 35.5. The average molecular weight is 572 g/mol. The van der Waals surface area contributed by atoms with Crippen molar-refractivity contribution in [1.29, 1.82) is 0 Å². The molecule has 5 atom stereocenters. The molecule has 2 N–H and O–H groups in total. The van der Waals surface area contributed by atoms with Gasteiger partial charge in [-0.25, -0.2) is 9.79 Å². The largest absolute Gasteiger partial charge is 0.477 e. The van der Waals surface area contributed by atoms with Gasteiger partial charge in [-0.05, 0) is 56.5 Å². The number of halogens is 1. The lowest BCUT2D eigenvalue weighted by Gasteiger charge is -2.31. The van der Waals surface area contributed by atoms with E-state index in [0.29, 0.717) is 30.5 Å². The monoisotopic (exact) mass is 571 g/mol. The van der Waals surface area contributed by atoms with Gasteiger partial charge in [-0.1, -0.05) is 54.1 Å². The standard InChI is InChI=1S/C30H38ClN3O6/c1-20(32)28(35)40-26(21(2)38-18-22-9-5-4-6-10-22)17-34-14-8-13-25(34)27-33-30(19-39-27,29(36)37-3)16-23-11-7-12-24(31)15-23/h4-7,9-12,15,20-21,25-26H,8,13-14,16-19,32H2,1-3H3/t20-,21+,25-,26+,30+/m0/s1. The number of carbonyl (C=O) groups is 2. The number of nitrogens with zero attached hydrogens (tertiary/aromatic N) is 2. The minimum absolute atomic E-state index is 0.0750. The average Bonchev–Trinajstić information content (AvgIpc) is 3.59. The van der Waals surface area contributed by atoms with Crippen molar-refractivity contribution >= 4 is 29.4 Å². The molecule has 4 rings (SSSR count). The van der Waals surface area contributed by atoms with Crippen LogP contribution in [0.4, 0.5) is 0 Å². The summed E-state index contributed by atoms with van der Waals surface area (Å²) >= 11 is 6.18. The maximum absolute atomic E-state index is 13.0. The molecule has 1 fully saturated rings. The van der Waals surface area contributed by atoms with Crippen LogP contribution in [0.15, 0.2) is 59.6 Å². The Morgan fingerprint density at radius 2 is 1.93 bits per heavy atom. The van der Waals surface area contributed by atoms with Gasteiger partial charge in [0.05, 0.1) is 25.9 Å². The number of benzene rings is 2. The molecular formula is C30H38ClN3O6. The number of hydrogen-bond donors (Lipinski definition) is 1. The molecule has 0 saturated carbocycles. The number of rotatable bonds is 12. The molecule has 2 aromatic rings. The van der Waals surface area contributed by atoms with E-state index in [1.54, 1.807) is 13.0 Å². The fourth-order valence-electron chi connectivity index (χ4n) is 5.08. The molecule has 9 nitrogen and oxygen atoms in total. The molecular weight excluding hydrogens is 534 g/mol. The Morgan fingerprint density at radius 1 is 1.18 bits per heavy atom. The van der Waals surface area contributed by atoms with Gasteiger partial charge in [-0.15, -0.1) is 0 Å². The quantitative estimate of drug-likeness (QED) is 0.385. The fourth-order valence-corrected chi connectivity index (χ4v) is 5.30. The van der Waals surface area contributed by atoms with Gasteiger partial charge in [0.15, 0.2) is 5.54 Å². The molecule has 0 amide bonds. The normalized spacial score (nSPS) is 23.1. The molecule has 2 aliphatic heterocycles. The van der Waals surface area contributed by atoms with Crippen LogP contribution >= 0.6 is 11.6 Å². The lowest BCUT2D eigenvalue weighted by Crippen LogP contribution is -2.47. The molecule has 2 heterocycles. The third kappa shape index (κ3) is 7.40. The van der Waals surface area contributed by atoms with Crippen LogP contribution in [0.5, 0.6) is 0 Å². The lowest BCUT2D eigenvalue weighted by molar-refractivity contribution is -0.160. The van der Waals surface area contributed by atoms with Crippen LogP contribution in [0.3, 0.4) is 0 Å². The minimum atomic E-state index is -1.20. The second kappa shape index (κ2) is 13.6. The van der Waals surface area contributed by atoms with Gasteiger partial charge in [0.2, 0.25) is 5.90 Å². The van der Waals surface area contributed by atoms with Crippen molar-refractivity contribution in [2.45, 2.75) is 69.5 Å². The number of esters is 2. The maximum Gasteiger partial charge on any atom is 0.337 e. The van der Waals surface area contributed by atoms with Crippen molar-refractivity contribution < 1.29 is 28.5 Å². The number of carbonyl (C=O) groups excluding carboxylic acids is 2. The van der Waals surface area contributed by atoms with E-state index in [-0.39, 0.29) is 12.6 Å². The number of hydrogen-bond acceptors (Lipinski definition) is 9. The van der Waals surface area contributed by atoms with E-state index < -0.39 is 35.7 Å². The number of methoxy groups -OCH3 is 1. The van der Waals surface area contributed by atoms with Crippen molar-refractivity contribution in [3.63, 3.8) is 0 Å². The van der Waals surface area contributed by atoms with Crippen LogP contribution in [0.2, 0.25) is 5.02 Å². The van der Waals surface area contributed by atoms with Gasteiger partial charge < -0.3 is 24.7 Å². The highest BCUT2D eigenvalue weighted by molar-refractivity contribution is 6.30. The summed E-state index contributed by atoms with van der Waals surface area (Å²) in [6.45, 7) is 5.11. The number of aliphatic imine (C=N–C) groups is 1. The Hall–Kier alpha value is -2.98. The molecule has 2 aromatic carbocycles. The molecule has 0 spiro atoms. The van der Waals surface area contributed by atoms with Crippen LogP contribution in [-0.2, 0) is 41.6 Å². The minimum Gasteiger partial charge on any atom is -0.477 e. The lowest BCUT2D eigenvalue weighted by atomic mass is 9.92. The summed E-state index contributed by atoms with van der Waals surface area (Å²) in [6.07, 6.45) is 1.03. The maximum atomic E-state index is 13.0. The molecule has 0 radical (unpaired) electrons. The number of likely N-dealkylation sites (tertiary alicyclic amines) is 1. The smallest absolute Gasteiger partial charge is 0.337 e. The first-order chi connectivity index (χ1) is 19.2. The van der Waals surface area contributed by atoms with Crippen molar-refractivity contribution in [2.75, 3.05) is 26.8 Å². The molecule has 216 valence electrons. The molecule has 40 heavy (non-hydrogen) atoms. The van der Waals surface area contributed by atoms with Gasteiger partial charge in [-0.3, -0.25) is 9.69 Å². The first-order valence-corrected chi connectivity index (χ1v) is 14.0. The Morgan fingerprint density at radius 3 is 2.62 bits per heavy atom. The second-order valence-corrected chi connectivity index (χ2v) is 10.9. The van der Waals surface area contributed by atoms with E-state index >= 15 is 0 Å². The van der Waals surface area contributed by atoms with Crippen molar-refractivity contribution in [3.05, 3.63) is 70.7 Å². The number of nitrogens with two attached hydrogens (primary N) is 1. The Kier molecular flexibility index (Phi) is 10.2. The van der Waals surface area contributed by atoms with Crippen LogP contribution < -0.4 is 5.73 Å². The SMILES string of the molecule is COC(=O)[C@@]1(Cc2cccc(Cl)c2)COC([C@@H]2CCCN2C[C@@H](OC(=O)[C@H](C)N)[C@@H](C)OCc2ccccc2)=N1. The third-order valence-corrected chi connectivity index (χ3v) is 7.55. The fraction of sp³-hybridized carbons (Fsp3) is 0.500.